The van der Waals surface area contributed by atoms with Crippen LogP contribution < -0.4 is 16.4 Å². The number of nitrogens with two attached hydrogens (primary N) is 1. The van der Waals surface area contributed by atoms with Crippen molar-refractivity contribution in [2.24, 2.45) is 5.73 Å². The fourth-order valence-electron chi connectivity index (χ4n) is 4.94. The van der Waals surface area contributed by atoms with E-state index in [2.05, 4.69) is 10.6 Å². The van der Waals surface area contributed by atoms with E-state index in [1.54, 1.807) is 42.2 Å². The number of aliphatic hydroxyl groups excluding tert-OH is 2. The number of benzene rings is 3. The van der Waals surface area contributed by atoms with Crippen LogP contribution in [-0.2, 0) is 6.42 Å². The van der Waals surface area contributed by atoms with Crippen LogP contribution in [0.4, 0.5) is 0 Å². The van der Waals surface area contributed by atoms with Crippen molar-refractivity contribution in [3.63, 3.8) is 0 Å². The molecule has 10 heteroatoms. The maximum Gasteiger partial charge on any atom is 0.253 e. The summed E-state index contributed by atoms with van der Waals surface area (Å²) in [5, 5.41) is 27.9. The summed E-state index contributed by atoms with van der Waals surface area (Å²) in [7, 11) is 0. The van der Waals surface area contributed by atoms with Crippen molar-refractivity contribution in [1.29, 1.82) is 0 Å². The summed E-state index contributed by atoms with van der Waals surface area (Å²) >= 11 is 0. The minimum Gasteiger partial charge on any atom is -0.388 e. The second-order valence-corrected chi connectivity index (χ2v) is 10.8. The minimum atomic E-state index is -1.50. The number of amides is 4. The summed E-state index contributed by atoms with van der Waals surface area (Å²) in [5.74, 6) is -2.22. The van der Waals surface area contributed by atoms with Crippen molar-refractivity contribution in [2.75, 3.05) is 13.1 Å². The predicted octanol–water partition coefficient (Wildman–Crippen LogP) is 2.93. The van der Waals surface area contributed by atoms with Gasteiger partial charge in [-0.2, -0.15) is 0 Å². The van der Waals surface area contributed by atoms with Crippen LogP contribution in [0.3, 0.4) is 0 Å². The van der Waals surface area contributed by atoms with E-state index in [0.717, 1.165) is 18.4 Å². The molecule has 0 aliphatic carbocycles. The summed E-state index contributed by atoms with van der Waals surface area (Å²) in [5.41, 5.74) is 6.86. The van der Waals surface area contributed by atoms with Gasteiger partial charge in [-0.05, 0) is 62.1 Å². The number of primary amides is 1. The molecule has 3 aromatic rings. The molecule has 0 saturated heterocycles. The molecule has 0 fully saturated rings. The summed E-state index contributed by atoms with van der Waals surface area (Å²) < 4.78 is 0. The lowest BCUT2D eigenvalue weighted by Gasteiger charge is -2.31. The summed E-state index contributed by atoms with van der Waals surface area (Å²) in [4.78, 5) is 53.4. The molecule has 4 amide bonds. The average molecular weight is 603 g/mol. The molecule has 234 valence electrons. The van der Waals surface area contributed by atoms with Crippen LogP contribution >= 0.6 is 0 Å². The second-order valence-electron chi connectivity index (χ2n) is 10.8. The van der Waals surface area contributed by atoms with Crippen LogP contribution in [0, 0.1) is 0 Å². The minimum absolute atomic E-state index is 0.00257. The van der Waals surface area contributed by atoms with E-state index < -0.39 is 42.0 Å². The Kier molecular flexibility index (Phi) is 12.6. The van der Waals surface area contributed by atoms with Gasteiger partial charge in [-0.3, -0.25) is 19.2 Å². The quantitative estimate of drug-likeness (QED) is 0.180. The monoisotopic (exact) mass is 602 g/mol. The largest absolute Gasteiger partial charge is 0.388 e. The highest BCUT2D eigenvalue weighted by molar-refractivity contribution is 6.04. The van der Waals surface area contributed by atoms with Crippen LogP contribution in [0.2, 0.25) is 0 Å². The SMILES string of the molecule is CCCN(CCC)C(=O)c1cc(C(N)=O)cc(C(=O)N[C@H](Cc2ccccc2)[C@@H](O)[C@H](O)[C@H](C)NC(=O)c2ccccc2)c1. The van der Waals surface area contributed by atoms with Gasteiger partial charge in [-0.1, -0.05) is 62.4 Å². The molecule has 3 rings (SSSR count). The first-order valence-electron chi connectivity index (χ1n) is 14.9. The van der Waals surface area contributed by atoms with Crippen molar-refractivity contribution in [3.8, 4) is 0 Å². The molecule has 0 aliphatic rings. The molecule has 0 radical (unpaired) electrons. The fourth-order valence-corrected chi connectivity index (χ4v) is 4.94. The summed E-state index contributed by atoms with van der Waals surface area (Å²) in [6, 6.07) is 19.7. The van der Waals surface area contributed by atoms with Crippen molar-refractivity contribution in [1.82, 2.24) is 15.5 Å². The Balaban J connectivity index is 1.89. The Morgan fingerprint density at radius 2 is 1.25 bits per heavy atom. The Hall–Kier alpha value is -4.54. The van der Waals surface area contributed by atoms with Gasteiger partial charge in [0.15, 0.2) is 0 Å². The Morgan fingerprint density at radius 3 is 1.82 bits per heavy atom. The van der Waals surface area contributed by atoms with Gasteiger partial charge in [0, 0.05) is 35.3 Å². The molecule has 0 aliphatic heterocycles. The predicted molar refractivity (Wildman–Crippen MR) is 168 cm³/mol. The van der Waals surface area contributed by atoms with Crippen molar-refractivity contribution < 1.29 is 29.4 Å². The van der Waals surface area contributed by atoms with Crippen LogP contribution in [0.5, 0.6) is 0 Å². The molecular weight excluding hydrogens is 560 g/mol. The first kappa shape index (κ1) is 34.0. The average Bonchev–Trinajstić information content (AvgIpc) is 3.03. The van der Waals surface area contributed by atoms with Gasteiger partial charge in [0.25, 0.3) is 17.7 Å². The molecule has 4 atom stereocenters. The van der Waals surface area contributed by atoms with E-state index in [0.29, 0.717) is 18.7 Å². The number of rotatable bonds is 15. The lowest BCUT2D eigenvalue weighted by molar-refractivity contribution is -0.0187. The highest BCUT2D eigenvalue weighted by Crippen LogP contribution is 2.17. The first-order valence-corrected chi connectivity index (χ1v) is 14.9. The van der Waals surface area contributed by atoms with E-state index >= 15 is 0 Å². The molecule has 0 heterocycles. The van der Waals surface area contributed by atoms with Gasteiger partial charge in [-0.25, -0.2) is 0 Å². The van der Waals surface area contributed by atoms with Crippen LogP contribution in [-0.4, -0.2) is 76.1 Å². The van der Waals surface area contributed by atoms with E-state index in [1.165, 1.54) is 18.2 Å². The van der Waals surface area contributed by atoms with Gasteiger partial charge in [0.1, 0.15) is 12.2 Å². The molecule has 3 aromatic carbocycles. The Bertz CT molecular complexity index is 1410. The summed E-state index contributed by atoms with van der Waals surface area (Å²) in [6.07, 6.45) is -1.34. The number of aliphatic hydroxyl groups is 2. The highest BCUT2D eigenvalue weighted by Gasteiger charge is 2.33. The van der Waals surface area contributed by atoms with Crippen molar-refractivity contribution in [2.45, 2.75) is 64.3 Å². The molecule has 0 saturated carbocycles. The number of hydrogen-bond acceptors (Lipinski definition) is 6. The molecular formula is C34H42N4O6. The van der Waals surface area contributed by atoms with E-state index in [1.807, 2.05) is 44.2 Å². The standard InChI is InChI=1S/C34H42N4O6/c1-4-16-38(17-5-2)34(44)27-20-25(31(35)41)19-26(21-27)33(43)37-28(18-23-12-8-6-9-13-23)30(40)29(39)22(3)36-32(42)24-14-10-7-11-15-24/h6-15,19-22,28-30,39-40H,4-5,16-18H2,1-3H3,(H2,35,41)(H,36,42)(H,37,43)/t22-,28+,29+,30+/m0/s1. The number of nitrogens with one attached hydrogen (secondary N) is 2. The summed E-state index contributed by atoms with van der Waals surface area (Å²) in [6.45, 7) is 6.49. The zero-order valence-electron chi connectivity index (χ0n) is 25.4. The van der Waals surface area contributed by atoms with E-state index in [4.69, 9.17) is 5.73 Å². The topological polar surface area (TPSA) is 162 Å². The normalized spacial score (nSPS) is 13.7. The van der Waals surface area contributed by atoms with Crippen molar-refractivity contribution >= 4 is 23.6 Å². The number of carbonyl (C=O) groups is 4. The molecule has 44 heavy (non-hydrogen) atoms. The third-order valence-corrected chi connectivity index (χ3v) is 7.29. The van der Waals surface area contributed by atoms with Gasteiger partial charge in [0.2, 0.25) is 5.91 Å². The van der Waals surface area contributed by atoms with E-state index in [-0.39, 0.29) is 29.0 Å². The number of nitrogens with zero attached hydrogens (tertiary/aromatic N) is 1. The third-order valence-electron chi connectivity index (χ3n) is 7.29. The first-order chi connectivity index (χ1) is 21.0. The maximum atomic E-state index is 13.6. The van der Waals surface area contributed by atoms with Gasteiger partial charge < -0.3 is 31.5 Å². The van der Waals surface area contributed by atoms with Gasteiger partial charge >= 0.3 is 0 Å². The molecule has 10 nitrogen and oxygen atoms in total. The van der Waals surface area contributed by atoms with Crippen molar-refractivity contribution in [3.05, 3.63) is 107 Å². The molecule has 0 aromatic heterocycles. The smallest absolute Gasteiger partial charge is 0.253 e. The van der Waals surface area contributed by atoms with Gasteiger partial charge in [-0.15, -0.1) is 0 Å². The lowest BCUT2D eigenvalue weighted by atomic mass is 9.94. The van der Waals surface area contributed by atoms with Crippen LogP contribution in [0.1, 0.15) is 80.6 Å². The molecule has 0 spiro atoms. The Labute approximate surface area is 258 Å². The zero-order chi connectivity index (χ0) is 32.2. The highest BCUT2D eigenvalue weighted by atomic mass is 16.3. The van der Waals surface area contributed by atoms with E-state index in [9.17, 15) is 29.4 Å². The lowest BCUT2D eigenvalue weighted by Crippen LogP contribution is -2.55. The van der Waals surface area contributed by atoms with Crippen LogP contribution in [0.15, 0.2) is 78.9 Å². The number of carbonyl (C=O) groups excluding carboxylic acids is 4. The Morgan fingerprint density at radius 1 is 0.727 bits per heavy atom. The maximum absolute atomic E-state index is 13.6. The molecule has 0 unspecified atom stereocenters. The zero-order valence-corrected chi connectivity index (χ0v) is 25.4. The van der Waals surface area contributed by atoms with Gasteiger partial charge in [0.05, 0.1) is 12.1 Å². The fraction of sp³-hybridized carbons (Fsp3) is 0.353. The molecule has 0 bridgehead atoms. The second kappa shape index (κ2) is 16.3. The van der Waals surface area contributed by atoms with Crippen LogP contribution in [0.25, 0.3) is 0 Å². The third kappa shape index (κ3) is 9.23. The molecule has 6 N–H and O–H groups in total. The number of hydrogen-bond donors (Lipinski definition) is 5.